The highest BCUT2D eigenvalue weighted by molar-refractivity contribution is 14.0. The van der Waals surface area contributed by atoms with Crippen LogP contribution in [0.3, 0.4) is 0 Å². The highest BCUT2D eigenvalue weighted by Crippen LogP contribution is 2.15. The molecule has 2 aliphatic heterocycles. The largest absolute Gasteiger partial charge is 0.356 e. The fourth-order valence-corrected chi connectivity index (χ4v) is 3.63. The number of amides is 1. The third-order valence-corrected chi connectivity index (χ3v) is 5.58. The number of carbonyl (C=O) groups excluding carboxylic acids is 1. The van der Waals surface area contributed by atoms with Crippen molar-refractivity contribution in [3.63, 3.8) is 0 Å². The lowest BCUT2D eigenvalue weighted by molar-refractivity contribution is -0.130. The highest BCUT2D eigenvalue weighted by atomic mass is 127. The highest BCUT2D eigenvalue weighted by Gasteiger charge is 2.18. The van der Waals surface area contributed by atoms with Gasteiger partial charge >= 0.3 is 0 Å². The number of aliphatic imine (C=N–C) groups is 1. The van der Waals surface area contributed by atoms with Crippen molar-refractivity contribution in [1.82, 2.24) is 25.3 Å². The molecule has 8 heteroatoms. The standard InChI is InChI=1S/C19H38N6O.HI/c1-17-5-10-23(11-6-17)9-4-7-21-19(20-3)22-8-12-24-13-15-25(16-14-24)18(2)26;/h17H,4-16H2,1-3H3,(H2,20,21,22);1H. The van der Waals surface area contributed by atoms with Crippen LogP contribution in [0.15, 0.2) is 4.99 Å². The minimum Gasteiger partial charge on any atom is -0.356 e. The van der Waals surface area contributed by atoms with E-state index in [2.05, 4.69) is 32.3 Å². The molecule has 7 nitrogen and oxygen atoms in total. The Morgan fingerprint density at radius 1 is 0.963 bits per heavy atom. The normalized spacial score (nSPS) is 20.3. The Kier molecular flexibility index (Phi) is 12.3. The van der Waals surface area contributed by atoms with Gasteiger partial charge in [-0.05, 0) is 44.8 Å². The van der Waals surface area contributed by atoms with Crippen LogP contribution < -0.4 is 10.6 Å². The number of likely N-dealkylation sites (tertiary alicyclic amines) is 1. The van der Waals surface area contributed by atoms with Gasteiger partial charge in [-0.2, -0.15) is 0 Å². The van der Waals surface area contributed by atoms with Crippen LogP contribution in [-0.2, 0) is 4.79 Å². The molecule has 158 valence electrons. The first-order valence-corrected chi connectivity index (χ1v) is 10.2. The van der Waals surface area contributed by atoms with Crippen LogP contribution in [0.1, 0.15) is 33.1 Å². The number of piperidine rings is 1. The minimum atomic E-state index is 0. The molecule has 2 heterocycles. The van der Waals surface area contributed by atoms with Crippen molar-refractivity contribution < 1.29 is 4.79 Å². The van der Waals surface area contributed by atoms with Gasteiger partial charge in [-0.3, -0.25) is 14.7 Å². The summed E-state index contributed by atoms with van der Waals surface area (Å²) in [6.45, 7) is 14.1. The lowest BCUT2D eigenvalue weighted by atomic mass is 9.99. The summed E-state index contributed by atoms with van der Waals surface area (Å²) >= 11 is 0. The summed E-state index contributed by atoms with van der Waals surface area (Å²) in [5, 5.41) is 6.82. The van der Waals surface area contributed by atoms with Gasteiger partial charge in [0, 0.05) is 59.8 Å². The average Bonchev–Trinajstić information content (AvgIpc) is 2.65. The number of hydrogen-bond donors (Lipinski definition) is 2. The van der Waals surface area contributed by atoms with E-state index in [4.69, 9.17) is 0 Å². The molecular formula is C19H39IN6O. The maximum atomic E-state index is 11.4. The fraction of sp³-hybridized carbons (Fsp3) is 0.895. The first-order chi connectivity index (χ1) is 12.6. The van der Waals surface area contributed by atoms with Crippen LogP contribution in [0.4, 0.5) is 0 Å². The van der Waals surface area contributed by atoms with E-state index in [0.717, 1.165) is 64.1 Å². The molecule has 0 saturated carbocycles. The summed E-state index contributed by atoms with van der Waals surface area (Å²) in [4.78, 5) is 22.6. The molecule has 2 aliphatic rings. The number of guanidine groups is 1. The Morgan fingerprint density at radius 2 is 1.56 bits per heavy atom. The molecule has 0 unspecified atom stereocenters. The number of piperazine rings is 1. The summed E-state index contributed by atoms with van der Waals surface area (Å²) in [5.74, 6) is 1.98. The maximum absolute atomic E-state index is 11.4. The molecular weight excluding hydrogens is 455 g/mol. The zero-order valence-electron chi connectivity index (χ0n) is 17.4. The van der Waals surface area contributed by atoms with Crippen molar-refractivity contribution in [1.29, 1.82) is 0 Å². The molecule has 2 rings (SSSR count). The number of nitrogens with zero attached hydrogens (tertiary/aromatic N) is 4. The van der Waals surface area contributed by atoms with E-state index < -0.39 is 0 Å². The van der Waals surface area contributed by atoms with Gasteiger partial charge in [0.15, 0.2) is 5.96 Å². The first kappa shape index (κ1) is 24.4. The van der Waals surface area contributed by atoms with Gasteiger partial charge in [-0.25, -0.2) is 0 Å². The van der Waals surface area contributed by atoms with Gasteiger partial charge in [-0.15, -0.1) is 24.0 Å². The molecule has 2 fully saturated rings. The van der Waals surface area contributed by atoms with Crippen LogP contribution in [0.2, 0.25) is 0 Å². The van der Waals surface area contributed by atoms with Crippen LogP contribution in [0.25, 0.3) is 0 Å². The third-order valence-electron chi connectivity index (χ3n) is 5.58. The third kappa shape index (κ3) is 9.43. The van der Waals surface area contributed by atoms with Crippen molar-refractivity contribution >= 4 is 35.8 Å². The second-order valence-electron chi connectivity index (χ2n) is 7.65. The van der Waals surface area contributed by atoms with Crippen molar-refractivity contribution in [2.75, 3.05) is 72.5 Å². The van der Waals surface area contributed by atoms with Crippen LogP contribution in [0.5, 0.6) is 0 Å². The second kappa shape index (κ2) is 13.5. The number of nitrogens with one attached hydrogen (secondary N) is 2. The van der Waals surface area contributed by atoms with Crippen molar-refractivity contribution in [3.05, 3.63) is 0 Å². The van der Waals surface area contributed by atoms with Gasteiger partial charge in [0.2, 0.25) is 5.91 Å². The molecule has 0 atom stereocenters. The number of carbonyl (C=O) groups is 1. The van der Waals surface area contributed by atoms with Crippen LogP contribution in [0, 0.1) is 5.92 Å². The topological polar surface area (TPSA) is 63.2 Å². The molecule has 0 radical (unpaired) electrons. The predicted octanol–water partition coefficient (Wildman–Crippen LogP) is 1.06. The maximum Gasteiger partial charge on any atom is 0.219 e. The zero-order chi connectivity index (χ0) is 18.8. The Morgan fingerprint density at radius 3 is 2.15 bits per heavy atom. The van der Waals surface area contributed by atoms with E-state index in [0.29, 0.717) is 0 Å². The minimum absolute atomic E-state index is 0. The first-order valence-electron chi connectivity index (χ1n) is 10.2. The Hall–Kier alpha value is -0.610. The summed E-state index contributed by atoms with van der Waals surface area (Å²) in [6.07, 6.45) is 3.84. The van der Waals surface area contributed by atoms with E-state index in [1.54, 1.807) is 6.92 Å². The lowest BCUT2D eigenvalue weighted by Crippen LogP contribution is -2.50. The van der Waals surface area contributed by atoms with Crippen molar-refractivity contribution in [3.8, 4) is 0 Å². The lowest BCUT2D eigenvalue weighted by Gasteiger charge is -2.34. The summed E-state index contributed by atoms with van der Waals surface area (Å²) in [6, 6.07) is 0. The van der Waals surface area contributed by atoms with Gasteiger partial charge < -0.3 is 20.4 Å². The quantitative estimate of drug-likeness (QED) is 0.240. The molecule has 27 heavy (non-hydrogen) atoms. The van der Waals surface area contributed by atoms with Crippen LogP contribution >= 0.6 is 24.0 Å². The number of halogens is 1. The van der Waals surface area contributed by atoms with Crippen molar-refractivity contribution in [2.24, 2.45) is 10.9 Å². The molecule has 0 aromatic rings. The zero-order valence-corrected chi connectivity index (χ0v) is 19.7. The van der Waals surface area contributed by atoms with E-state index in [1.165, 1.54) is 32.5 Å². The molecule has 2 saturated heterocycles. The van der Waals surface area contributed by atoms with Gasteiger partial charge in [0.1, 0.15) is 0 Å². The van der Waals surface area contributed by atoms with E-state index in [-0.39, 0.29) is 29.9 Å². The Balaban J connectivity index is 0.00000364. The summed E-state index contributed by atoms with van der Waals surface area (Å²) < 4.78 is 0. The Bertz CT molecular complexity index is 445. The van der Waals surface area contributed by atoms with E-state index in [9.17, 15) is 4.79 Å². The molecule has 0 aromatic carbocycles. The van der Waals surface area contributed by atoms with Gasteiger partial charge in [-0.1, -0.05) is 6.92 Å². The summed E-state index contributed by atoms with van der Waals surface area (Å²) in [7, 11) is 1.83. The monoisotopic (exact) mass is 494 g/mol. The smallest absolute Gasteiger partial charge is 0.219 e. The molecule has 0 bridgehead atoms. The number of hydrogen-bond acceptors (Lipinski definition) is 4. The second-order valence-corrected chi connectivity index (χ2v) is 7.65. The van der Waals surface area contributed by atoms with Gasteiger partial charge in [0.25, 0.3) is 0 Å². The van der Waals surface area contributed by atoms with Crippen molar-refractivity contribution in [2.45, 2.75) is 33.1 Å². The number of rotatable bonds is 7. The molecule has 0 aliphatic carbocycles. The molecule has 1 amide bonds. The molecule has 0 spiro atoms. The predicted molar refractivity (Wildman–Crippen MR) is 123 cm³/mol. The van der Waals surface area contributed by atoms with Gasteiger partial charge in [0.05, 0.1) is 0 Å². The average molecular weight is 494 g/mol. The van der Waals surface area contributed by atoms with E-state index >= 15 is 0 Å². The SMILES string of the molecule is CN=C(NCCCN1CCC(C)CC1)NCCN1CCN(C(C)=O)CC1.I. The molecule has 2 N–H and O–H groups in total. The molecule has 0 aromatic heterocycles. The van der Waals surface area contributed by atoms with Crippen LogP contribution in [-0.4, -0.2) is 99.1 Å². The Labute approximate surface area is 182 Å². The fourth-order valence-electron chi connectivity index (χ4n) is 3.63. The van der Waals surface area contributed by atoms with E-state index in [1.807, 2.05) is 11.9 Å². The summed E-state index contributed by atoms with van der Waals surface area (Å²) in [5.41, 5.74) is 0.